The van der Waals surface area contributed by atoms with Crippen molar-refractivity contribution in [3.05, 3.63) is 29.8 Å². The lowest BCUT2D eigenvalue weighted by atomic mass is 9.91. The highest BCUT2D eigenvalue weighted by Gasteiger charge is 2.45. The fourth-order valence-corrected chi connectivity index (χ4v) is 5.12. The third kappa shape index (κ3) is 5.44. The Bertz CT molecular complexity index is 795. The maximum atomic E-state index is 13.5. The van der Waals surface area contributed by atoms with E-state index in [1.54, 1.807) is 4.90 Å². The van der Waals surface area contributed by atoms with Crippen molar-refractivity contribution in [1.29, 1.82) is 0 Å². The Morgan fingerprint density at radius 1 is 1.03 bits per heavy atom. The molecular formula is C25H37N3O4. The van der Waals surface area contributed by atoms with Crippen LogP contribution in [0.2, 0.25) is 0 Å². The van der Waals surface area contributed by atoms with Crippen LogP contribution in [0.3, 0.4) is 0 Å². The van der Waals surface area contributed by atoms with Crippen molar-refractivity contribution in [2.75, 3.05) is 59.5 Å². The quantitative estimate of drug-likeness (QED) is 0.718. The van der Waals surface area contributed by atoms with Crippen LogP contribution in [0.25, 0.3) is 0 Å². The fraction of sp³-hybridized carbons (Fsp3) is 0.680. The molecule has 2 saturated heterocycles. The van der Waals surface area contributed by atoms with Crippen LogP contribution in [0.5, 0.6) is 5.75 Å². The zero-order valence-corrected chi connectivity index (χ0v) is 19.4. The number of aryl methyl sites for hydroxylation is 1. The highest BCUT2D eigenvalue weighted by atomic mass is 16.5. The standard InChI is InChI=1S/C25H37N3O4/c1-26-16-18-31-22-10-3-2-8-21(22)9-4-5-12-25(24(26)30)20-28(17-19-32-25)23(29)11-15-27-13-6-7-14-27/h2-3,8,10H,4-7,9,11-20H2,1H3. The van der Waals surface area contributed by atoms with Gasteiger partial charge in [0.25, 0.3) is 5.91 Å². The Hall–Kier alpha value is -2.12. The third-order valence-corrected chi connectivity index (χ3v) is 7.05. The highest BCUT2D eigenvalue weighted by Crippen LogP contribution is 2.29. The Morgan fingerprint density at radius 2 is 1.84 bits per heavy atom. The molecule has 0 aromatic heterocycles. The molecule has 0 saturated carbocycles. The molecule has 1 unspecified atom stereocenters. The molecule has 2 fully saturated rings. The van der Waals surface area contributed by atoms with Crippen LogP contribution in [0.15, 0.2) is 24.3 Å². The zero-order chi connectivity index (χ0) is 22.4. The van der Waals surface area contributed by atoms with Crippen molar-refractivity contribution in [3.8, 4) is 5.75 Å². The summed E-state index contributed by atoms with van der Waals surface area (Å²) < 4.78 is 12.2. The van der Waals surface area contributed by atoms with Gasteiger partial charge in [-0.2, -0.15) is 0 Å². The molecule has 4 rings (SSSR count). The number of fused-ring (bicyclic) bond motifs is 1. The number of likely N-dealkylation sites (tertiary alicyclic amines) is 1. The van der Waals surface area contributed by atoms with Crippen molar-refractivity contribution in [1.82, 2.24) is 14.7 Å². The van der Waals surface area contributed by atoms with Gasteiger partial charge in [0.05, 0.1) is 19.7 Å². The molecule has 1 aromatic rings. The number of hydrogen-bond donors (Lipinski definition) is 0. The molecule has 3 aliphatic rings. The summed E-state index contributed by atoms with van der Waals surface area (Å²) in [6.07, 6.45) is 6.33. The molecule has 0 radical (unpaired) electrons. The summed E-state index contributed by atoms with van der Waals surface area (Å²) in [7, 11) is 1.81. The summed E-state index contributed by atoms with van der Waals surface area (Å²) in [5, 5.41) is 0. The maximum Gasteiger partial charge on any atom is 0.256 e. The molecule has 176 valence electrons. The molecule has 0 aliphatic carbocycles. The summed E-state index contributed by atoms with van der Waals surface area (Å²) in [5.41, 5.74) is 0.258. The van der Waals surface area contributed by atoms with Crippen LogP contribution in [0.4, 0.5) is 0 Å². The second-order valence-corrected chi connectivity index (χ2v) is 9.35. The summed E-state index contributed by atoms with van der Waals surface area (Å²) >= 11 is 0. The monoisotopic (exact) mass is 443 g/mol. The third-order valence-electron chi connectivity index (χ3n) is 7.05. The number of likely N-dealkylation sites (N-methyl/N-ethyl adjacent to an activating group) is 1. The first-order valence-electron chi connectivity index (χ1n) is 12.2. The molecule has 32 heavy (non-hydrogen) atoms. The number of ether oxygens (including phenoxy) is 2. The largest absolute Gasteiger partial charge is 0.491 e. The van der Waals surface area contributed by atoms with Crippen LogP contribution < -0.4 is 4.74 Å². The second-order valence-electron chi connectivity index (χ2n) is 9.35. The van der Waals surface area contributed by atoms with Gasteiger partial charge in [0.1, 0.15) is 12.4 Å². The van der Waals surface area contributed by atoms with Crippen molar-refractivity contribution in [2.45, 2.75) is 50.5 Å². The summed E-state index contributed by atoms with van der Waals surface area (Å²) in [6.45, 7) is 5.25. The van der Waals surface area contributed by atoms with E-state index < -0.39 is 5.60 Å². The van der Waals surface area contributed by atoms with Crippen molar-refractivity contribution >= 4 is 11.8 Å². The normalized spacial score (nSPS) is 25.7. The molecule has 3 aliphatic heterocycles. The Labute approximate surface area is 191 Å². The summed E-state index contributed by atoms with van der Waals surface area (Å²) in [6, 6.07) is 8.14. The number of hydrogen-bond acceptors (Lipinski definition) is 5. The average Bonchev–Trinajstić information content (AvgIpc) is 3.34. The first-order valence-corrected chi connectivity index (χ1v) is 12.2. The van der Waals surface area contributed by atoms with Crippen molar-refractivity contribution < 1.29 is 19.1 Å². The van der Waals surface area contributed by atoms with Crippen molar-refractivity contribution in [2.24, 2.45) is 0 Å². The SMILES string of the molecule is CN1CCOc2ccccc2CCCCC2(CN(C(=O)CCN3CCCC3)CCO2)C1=O. The van der Waals surface area contributed by atoms with Gasteiger partial charge in [-0.1, -0.05) is 18.2 Å². The number of amides is 2. The van der Waals surface area contributed by atoms with Gasteiger partial charge in [0, 0.05) is 26.6 Å². The first kappa shape index (κ1) is 23.1. The topological polar surface area (TPSA) is 62.3 Å². The lowest BCUT2D eigenvalue weighted by Crippen LogP contribution is -2.61. The van der Waals surface area contributed by atoms with Crippen LogP contribution in [0, 0.1) is 0 Å². The molecule has 0 N–H and O–H groups in total. The van der Waals surface area contributed by atoms with E-state index >= 15 is 0 Å². The van der Waals surface area contributed by atoms with Gasteiger partial charge in [-0.05, 0) is 63.2 Å². The molecule has 1 aromatic carbocycles. The minimum absolute atomic E-state index is 0.0352. The second kappa shape index (κ2) is 10.7. The maximum absolute atomic E-state index is 13.5. The molecule has 1 atom stereocenters. The lowest BCUT2D eigenvalue weighted by Gasteiger charge is -2.43. The molecule has 7 heteroatoms. The van der Waals surface area contributed by atoms with Gasteiger partial charge in [0.15, 0.2) is 5.60 Å². The number of benzene rings is 1. The number of para-hydroxylation sites is 1. The van der Waals surface area contributed by atoms with Gasteiger partial charge in [-0.3, -0.25) is 9.59 Å². The van der Waals surface area contributed by atoms with E-state index in [0.717, 1.165) is 44.6 Å². The number of rotatable bonds is 3. The Kier molecular flexibility index (Phi) is 7.68. The fourth-order valence-electron chi connectivity index (χ4n) is 5.12. The molecule has 7 nitrogen and oxygen atoms in total. The van der Waals surface area contributed by atoms with Gasteiger partial charge >= 0.3 is 0 Å². The summed E-state index contributed by atoms with van der Waals surface area (Å²) in [4.78, 5) is 32.4. The summed E-state index contributed by atoms with van der Waals surface area (Å²) in [5.74, 6) is 1.01. The Balaban J connectivity index is 1.43. The number of carbonyl (C=O) groups is 2. The average molecular weight is 444 g/mol. The number of morpholine rings is 1. The van der Waals surface area contributed by atoms with Crippen molar-refractivity contribution in [3.63, 3.8) is 0 Å². The molecule has 3 heterocycles. The van der Waals surface area contributed by atoms with Gasteiger partial charge in [-0.15, -0.1) is 0 Å². The van der Waals surface area contributed by atoms with E-state index in [1.807, 2.05) is 30.1 Å². The van der Waals surface area contributed by atoms with Gasteiger partial charge in [0.2, 0.25) is 5.91 Å². The predicted octanol–water partition coefficient (Wildman–Crippen LogP) is 2.33. The molecule has 0 bridgehead atoms. The van der Waals surface area contributed by atoms with Crippen LogP contribution >= 0.6 is 0 Å². The first-order chi connectivity index (χ1) is 15.6. The smallest absolute Gasteiger partial charge is 0.256 e. The van der Waals surface area contributed by atoms with E-state index in [2.05, 4.69) is 11.0 Å². The van der Waals surface area contributed by atoms with Crippen LogP contribution in [-0.4, -0.2) is 91.6 Å². The predicted molar refractivity (Wildman–Crippen MR) is 123 cm³/mol. The van der Waals surface area contributed by atoms with Crippen LogP contribution in [-0.2, 0) is 20.7 Å². The minimum atomic E-state index is -0.949. The number of nitrogens with zero attached hydrogens (tertiary/aromatic N) is 3. The Morgan fingerprint density at radius 3 is 2.69 bits per heavy atom. The van der Waals surface area contributed by atoms with Gasteiger partial charge < -0.3 is 24.2 Å². The minimum Gasteiger partial charge on any atom is -0.491 e. The van der Waals surface area contributed by atoms with E-state index in [9.17, 15) is 9.59 Å². The lowest BCUT2D eigenvalue weighted by molar-refractivity contribution is -0.175. The van der Waals surface area contributed by atoms with E-state index in [-0.39, 0.29) is 11.8 Å². The van der Waals surface area contributed by atoms with Gasteiger partial charge in [-0.25, -0.2) is 0 Å². The van der Waals surface area contributed by atoms with E-state index in [0.29, 0.717) is 45.7 Å². The van der Waals surface area contributed by atoms with E-state index in [1.165, 1.54) is 18.4 Å². The van der Waals surface area contributed by atoms with E-state index in [4.69, 9.17) is 9.47 Å². The zero-order valence-electron chi connectivity index (χ0n) is 19.4. The highest BCUT2D eigenvalue weighted by molar-refractivity contribution is 5.87. The molecule has 1 spiro atoms. The number of carbonyl (C=O) groups excluding carboxylic acids is 2. The molecular weight excluding hydrogens is 406 g/mol. The molecule has 2 amide bonds. The van der Waals surface area contributed by atoms with Crippen LogP contribution in [0.1, 0.15) is 44.1 Å².